The summed E-state index contributed by atoms with van der Waals surface area (Å²) < 4.78 is 14.8. The molecule has 7 aromatic carbocycles. The van der Waals surface area contributed by atoms with Crippen LogP contribution in [0.3, 0.4) is 0 Å². The zero-order chi connectivity index (χ0) is 38.8. The molecule has 8 heteroatoms. The van der Waals surface area contributed by atoms with E-state index in [0.29, 0.717) is 11.0 Å². The van der Waals surface area contributed by atoms with E-state index >= 15 is 0 Å². The maximum atomic E-state index is 13.0. The highest BCUT2D eigenvalue weighted by Gasteiger charge is 2.43. The van der Waals surface area contributed by atoms with Gasteiger partial charge in [0.15, 0.2) is 11.4 Å². The predicted octanol–water partition coefficient (Wildman–Crippen LogP) is 10.4. The van der Waals surface area contributed by atoms with Crippen LogP contribution in [-0.2, 0) is 9.47 Å². The smallest absolute Gasteiger partial charge is 0.359 e. The van der Waals surface area contributed by atoms with Gasteiger partial charge in [0, 0.05) is 44.8 Å². The van der Waals surface area contributed by atoms with Crippen molar-refractivity contribution in [1.82, 2.24) is 19.1 Å². The van der Waals surface area contributed by atoms with Gasteiger partial charge in [0.1, 0.15) is 0 Å². The fraction of sp³-hybridized carbons (Fsp3) is 0.0800. The largest absolute Gasteiger partial charge is 0.464 e. The fourth-order valence-electron chi connectivity index (χ4n) is 9.92. The third-order valence-corrected chi connectivity index (χ3v) is 12.3. The lowest BCUT2D eigenvalue weighted by Crippen LogP contribution is -2.28. The summed E-state index contributed by atoms with van der Waals surface area (Å²) in [5.74, 6) is -1.82. The molecule has 3 aliphatic rings. The van der Waals surface area contributed by atoms with Gasteiger partial charge < -0.3 is 18.6 Å². The number of para-hydroxylation sites is 4. The molecule has 10 aromatic rings. The average molecular weight is 753 g/mol. The first-order valence-corrected chi connectivity index (χ1v) is 19.3. The van der Waals surface area contributed by atoms with Crippen molar-refractivity contribution < 1.29 is 19.1 Å². The Morgan fingerprint density at radius 1 is 0.431 bits per heavy atom. The quantitative estimate of drug-likeness (QED) is 0.166. The molecule has 0 amide bonds. The molecule has 2 bridgehead atoms. The van der Waals surface area contributed by atoms with Crippen molar-refractivity contribution in [2.75, 3.05) is 14.2 Å². The van der Waals surface area contributed by atoms with Gasteiger partial charge in [0.2, 0.25) is 0 Å². The van der Waals surface area contributed by atoms with Crippen molar-refractivity contribution in [2.24, 2.45) is 0 Å². The molecule has 0 aliphatic heterocycles. The van der Waals surface area contributed by atoms with Gasteiger partial charge in [-0.15, -0.1) is 0 Å². The van der Waals surface area contributed by atoms with Crippen molar-refractivity contribution in [3.63, 3.8) is 0 Å². The summed E-state index contributed by atoms with van der Waals surface area (Å²) in [5.41, 5.74) is 14.6. The van der Waals surface area contributed by atoms with E-state index in [4.69, 9.17) is 19.4 Å². The van der Waals surface area contributed by atoms with Crippen LogP contribution in [0.1, 0.15) is 66.2 Å². The molecule has 3 aliphatic carbocycles. The van der Waals surface area contributed by atoms with Gasteiger partial charge in [-0.1, -0.05) is 72.8 Å². The van der Waals surface area contributed by atoms with E-state index < -0.39 is 11.9 Å². The zero-order valence-corrected chi connectivity index (χ0v) is 31.4. The van der Waals surface area contributed by atoms with Crippen molar-refractivity contribution in [3.05, 3.63) is 190 Å². The lowest BCUT2D eigenvalue weighted by atomic mass is 9.60. The molecule has 0 N–H and O–H groups in total. The summed E-state index contributed by atoms with van der Waals surface area (Å²) in [6.45, 7) is 0. The van der Waals surface area contributed by atoms with Crippen LogP contribution in [0.15, 0.2) is 146 Å². The molecule has 276 valence electrons. The number of rotatable bonds is 4. The van der Waals surface area contributed by atoms with Gasteiger partial charge >= 0.3 is 11.9 Å². The molecule has 3 aromatic heterocycles. The van der Waals surface area contributed by atoms with Crippen molar-refractivity contribution in [1.29, 1.82) is 0 Å². The molecule has 0 spiro atoms. The van der Waals surface area contributed by atoms with Crippen LogP contribution < -0.4 is 0 Å². The number of methoxy groups -OCH3 is 2. The zero-order valence-electron chi connectivity index (χ0n) is 31.4. The minimum Gasteiger partial charge on any atom is -0.464 e. The highest BCUT2D eigenvalue weighted by atomic mass is 16.5. The molecule has 0 unspecified atom stereocenters. The topological polar surface area (TPSA) is 88.2 Å². The Labute approximate surface area is 331 Å². The van der Waals surface area contributed by atoms with E-state index in [1.165, 1.54) is 58.0 Å². The first kappa shape index (κ1) is 32.6. The molecule has 0 saturated heterocycles. The van der Waals surface area contributed by atoms with Crippen LogP contribution in [0.25, 0.3) is 66.0 Å². The van der Waals surface area contributed by atoms with Crippen molar-refractivity contribution >= 4 is 66.6 Å². The molecule has 0 fully saturated rings. The summed E-state index contributed by atoms with van der Waals surface area (Å²) in [6.07, 6.45) is 0. The van der Waals surface area contributed by atoms with Crippen LogP contribution in [0.2, 0.25) is 0 Å². The number of hydrogen-bond acceptors (Lipinski definition) is 6. The standard InChI is InChI=1S/C50H32N4O4/c1-57-49(55)47-48(50(56)58-2)52-40-24-36-35(23-39(40)51-47)45-33-21-31-29-17-9-11-19-41(29)53(27-13-5-3-6-14-27)43(31)25-37(33)46(36)38-26-44-32(22-34(38)45)30-18-10-12-20-42(30)54(44)28-15-7-4-8-16-28/h3-26,45-46H,1-2H3. The molecular weight excluding hydrogens is 721 g/mol. The van der Waals surface area contributed by atoms with Gasteiger partial charge in [0.05, 0.1) is 47.3 Å². The number of esters is 2. The first-order valence-electron chi connectivity index (χ1n) is 19.3. The summed E-state index contributed by atoms with van der Waals surface area (Å²) in [7, 11) is 2.53. The summed E-state index contributed by atoms with van der Waals surface area (Å²) in [5, 5.41) is 4.75. The second kappa shape index (κ2) is 12.0. The van der Waals surface area contributed by atoms with Crippen LogP contribution in [0.4, 0.5) is 0 Å². The molecule has 0 radical (unpaired) electrons. The fourth-order valence-corrected chi connectivity index (χ4v) is 9.92. The summed E-state index contributed by atoms with van der Waals surface area (Å²) >= 11 is 0. The number of carbonyl (C=O) groups excluding carboxylic acids is 2. The van der Waals surface area contributed by atoms with Gasteiger partial charge in [-0.2, -0.15) is 0 Å². The monoisotopic (exact) mass is 752 g/mol. The number of fused-ring (bicyclic) bond motifs is 7. The van der Waals surface area contributed by atoms with Crippen LogP contribution in [-0.4, -0.2) is 45.3 Å². The minimum atomic E-state index is -0.753. The van der Waals surface area contributed by atoms with E-state index in [1.54, 1.807) is 0 Å². The maximum absolute atomic E-state index is 13.0. The number of aromatic nitrogens is 4. The SMILES string of the molecule is COC(=O)c1nc2cc3c(cc2nc1C(=O)OC)C1c2cc4c(cc2C3c2cc3c5ccccc5n(-c5ccccc5)c3cc21)c1ccccc1n4-c1ccccc1. The van der Waals surface area contributed by atoms with E-state index in [0.717, 1.165) is 44.6 Å². The molecular formula is C50H32N4O4. The van der Waals surface area contributed by atoms with Crippen LogP contribution in [0, 0.1) is 0 Å². The third-order valence-electron chi connectivity index (χ3n) is 12.3. The van der Waals surface area contributed by atoms with Crippen molar-refractivity contribution in [3.8, 4) is 11.4 Å². The van der Waals surface area contributed by atoms with Crippen molar-refractivity contribution in [2.45, 2.75) is 11.8 Å². The Balaban J connectivity index is 1.20. The van der Waals surface area contributed by atoms with E-state index in [1.807, 2.05) is 0 Å². The highest BCUT2D eigenvalue weighted by Crippen LogP contribution is 2.58. The third kappa shape index (κ3) is 4.34. The normalized spacial score (nSPS) is 15.2. The summed E-state index contributed by atoms with van der Waals surface area (Å²) in [6, 6.07) is 52.0. The summed E-state index contributed by atoms with van der Waals surface area (Å²) in [4.78, 5) is 35.4. The highest BCUT2D eigenvalue weighted by molar-refractivity contribution is 6.12. The second-order valence-corrected chi connectivity index (χ2v) is 15.1. The van der Waals surface area contributed by atoms with E-state index in [-0.39, 0.29) is 23.2 Å². The molecule has 13 rings (SSSR count). The Bertz CT molecular complexity index is 3260. The predicted molar refractivity (Wildman–Crippen MR) is 226 cm³/mol. The maximum Gasteiger partial charge on any atom is 0.359 e. The van der Waals surface area contributed by atoms with E-state index in [2.05, 4.69) is 155 Å². The Morgan fingerprint density at radius 3 is 1.21 bits per heavy atom. The first-order chi connectivity index (χ1) is 28.5. The van der Waals surface area contributed by atoms with Gasteiger partial charge in [-0.25, -0.2) is 19.6 Å². The second-order valence-electron chi connectivity index (χ2n) is 15.1. The molecule has 58 heavy (non-hydrogen) atoms. The molecule has 8 nitrogen and oxygen atoms in total. The number of nitrogens with zero attached hydrogens (tertiary/aromatic N) is 4. The number of ether oxygens (including phenoxy) is 2. The molecule has 3 heterocycles. The lowest BCUT2D eigenvalue weighted by molar-refractivity contribution is 0.0545. The van der Waals surface area contributed by atoms with Gasteiger partial charge in [-0.3, -0.25) is 0 Å². The van der Waals surface area contributed by atoms with Crippen LogP contribution in [0.5, 0.6) is 0 Å². The molecule has 0 saturated carbocycles. The van der Waals surface area contributed by atoms with E-state index in [9.17, 15) is 9.59 Å². The Morgan fingerprint density at radius 2 is 0.793 bits per heavy atom. The number of carbonyl (C=O) groups is 2. The van der Waals surface area contributed by atoms with Crippen LogP contribution >= 0.6 is 0 Å². The number of benzene rings is 7. The average Bonchev–Trinajstić information content (AvgIpc) is 3.78. The van der Waals surface area contributed by atoms with Gasteiger partial charge in [0.25, 0.3) is 0 Å². The lowest BCUT2D eigenvalue weighted by Gasteiger charge is -2.42. The minimum absolute atomic E-state index is 0.149. The Kier molecular flexibility index (Phi) is 6.73. The number of hydrogen-bond donors (Lipinski definition) is 0. The molecule has 0 atom stereocenters. The Hall–Kier alpha value is -7.58. The van der Waals surface area contributed by atoms with Gasteiger partial charge in [-0.05, 0) is 106 Å².